The van der Waals surface area contributed by atoms with Crippen LogP contribution in [0.2, 0.25) is 0 Å². The average molecular weight is 402 g/mol. The summed E-state index contributed by atoms with van der Waals surface area (Å²) in [6.45, 7) is 5.43. The molecule has 4 rings (SSSR count). The topological polar surface area (TPSA) is 66.7 Å². The fourth-order valence-corrected chi connectivity index (χ4v) is 5.29. The van der Waals surface area contributed by atoms with E-state index in [0.29, 0.717) is 0 Å². The van der Waals surface area contributed by atoms with Crippen LogP contribution in [0.3, 0.4) is 0 Å². The summed E-state index contributed by atoms with van der Waals surface area (Å²) in [6.07, 6.45) is 4.47. The lowest BCUT2D eigenvalue weighted by atomic mass is 10.0. The summed E-state index contributed by atoms with van der Waals surface area (Å²) in [6, 6.07) is 4.49. The fraction of sp³-hybridized carbons (Fsp3) is 0.476. The molecule has 1 fully saturated rings. The molecule has 0 spiro atoms. The molecule has 150 valence electrons. The number of nitrogens with one attached hydrogen (secondary N) is 1. The van der Waals surface area contributed by atoms with E-state index in [4.69, 9.17) is 4.74 Å². The van der Waals surface area contributed by atoms with E-state index in [1.807, 2.05) is 6.92 Å². The molecule has 0 radical (unpaired) electrons. The number of aromatic nitrogens is 1. The van der Waals surface area contributed by atoms with Crippen LogP contribution in [-0.2, 0) is 23.1 Å². The first kappa shape index (κ1) is 19.2. The van der Waals surface area contributed by atoms with Crippen LogP contribution in [0.1, 0.15) is 36.8 Å². The minimum atomic E-state index is -0.952. The van der Waals surface area contributed by atoms with Crippen molar-refractivity contribution in [2.24, 2.45) is 7.05 Å². The molecule has 28 heavy (non-hydrogen) atoms. The van der Waals surface area contributed by atoms with Gasteiger partial charge in [-0.2, -0.15) is 0 Å². The number of hydrogen-bond acceptors (Lipinski definition) is 5. The van der Waals surface area contributed by atoms with Crippen molar-refractivity contribution in [3.8, 4) is 0 Å². The molecule has 6 nitrogen and oxygen atoms in total. The SMILES string of the molecule is CCC1=C(c2cc3cc(CN4CCCC4)n(C)c3s2)NC(OC)C(C(=O)O)=C1. The Hall–Kier alpha value is -2.09. The molecular formula is C21H27N3O3S. The van der Waals surface area contributed by atoms with Gasteiger partial charge in [-0.15, -0.1) is 11.3 Å². The van der Waals surface area contributed by atoms with Crippen LogP contribution < -0.4 is 5.32 Å². The van der Waals surface area contributed by atoms with E-state index in [1.165, 1.54) is 49.0 Å². The number of nitrogens with zero attached hydrogens (tertiary/aromatic N) is 2. The summed E-state index contributed by atoms with van der Waals surface area (Å²) in [5.74, 6) is -0.952. The second kappa shape index (κ2) is 7.73. The number of allylic oxidation sites excluding steroid dienone is 2. The lowest BCUT2D eigenvalue weighted by Crippen LogP contribution is -2.37. The Morgan fingerprint density at radius 3 is 2.71 bits per heavy atom. The number of dihydropyridines is 1. The summed E-state index contributed by atoms with van der Waals surface area (Å²) in [4.78, 5) is 16.4. The number of carboxylic acid groups (broad SMARTS) is 1. The predicted molar refractivity (Wildman–Crippen MR) is 112 cm³/mol. The lowest BCUT2D eigenvalue weighted by molar-refractivity contribution is -0.134. The summed E-state index contributed by atoms with van der Waals surface area (Å²) < 4.78 is 7.68. The predicted octanol–water partition coefficient (Wildman–Crippen LogP) is 3.54. The highest BCUT2D eigenvalue weighted by Gasteiger charge is 2.28. The van der Waals surface area contributed by atoms with Crippen molar-refractivity contribution in [1.29, 1.82) is 0 Å². The molecule has 4 heterocycles. The van der Waals surface area contributed by atoms with Crippen LogP contribution in [0.25, 0.3) is 15.9 Å². The van der Waals surface area contributed by atoms with Crippen molar-refractivity contribution >= 4 is 33.2 Å². The zero-order chi connectivity index (χ0) is 19.8. The quantitative estimate of drug-likeness (QED) is 0.775. The van der Waals surface area contributed by atoms with Crippen molar-refractivity contribution < 1.29 is 14.6 Å². The molecule has 2 aromatic rings. The molecule has 1 unspecified atom stereocenters. The van der Waals surface area contributed by atoms with Gasteiger partial charge in [0.25, 0.3) is 0 Å². The molecule has 0 amide bonds. The second-order valence-corrected chi connectivity index (χ2v) is 8.50. The molecule has 2 N–H and O–H groups in total. The van der Waals surface area contributed by atoms with Crippen LogP contribution in [0.4, 0.5) is 0 Å². The van der Waals surface area contributed by atoms with E-state index in [2.05, 4.69) is 34.0 Å². The van der Waals surface area contributed by atoms with Gasteiger partial charge < -0.3 is 19.7 Å². The van der Waals surface area contributed by atoms with Gasteiger partial charge in [-0.05, 0) is 56.1 Å². The number of rotatable bonds is 6. The normalized spacial score (nSPS) is 20.7. The van der Waals surface area contributed by atoms with E-state index in [-0.39, 0.29) is 5.57 Å². The highest BCUT2D eigenvalue weighted by atomic mass is 32.1. The number of carbonyl (C=O) groups is 1. The monoisotopic (exact) mass is 401 g/mol. The van der Waals surface area contributed by atoms with Gasteiger partial charge in [0.05, 0.1) is 16.1 Å². The lowest BCUT2D eigenvalue weighted by Gasteiger charge is -2.26. The maximum atomic E-state index is 11.5. The number of aryl methyl sites for hydroxylation is 1. The molecule has 2 aliphatic rings. The Kier molecular flexibility index (Phi) is 5.31. The maximum Gasteiger partial charge on any atom is 0.336 e. The molecular weight excluding hydrogens is 374 g/mol. The Bertz CT molecular complexity index is 963. The largest absolute Gasteiger partial charge is 0.478 e. The zero-order valence-electron chi connectivity index (χ0n) is 16.6. The summed E-state index contributed by atoms with van der Waals surface area (Å²) in [7, 11) is 3.66. The van der Waals surface area contributed by atoms with Gasteiger partial charge >= 0.3 is 5.97 Å². The molecule has 1 atom stereocenters. The average Bonchev–Trinajstić information content (AvgIpc) is 3.40. The summed E-state index contributed by atoms with van der Waals surface area (Å²) in [5, 5.41) is 14.0. The van der Waals surface area contributed by atoms with Crippen molar-refractivity contribution in [3.63, 3.8) is 0 Å². The summed E-state index contributed by atoms with van der Waals surface area (Å²) >= 11 is 1.74. The fourth-order valence-electron chi connectivity index (χ4n) is 4.12. The summed E-state index contributed by atoms with van der Waals surface area (Å²) in [5.41, 5.74) is 3.56. The third-order valence-corrected chi connectivity index (χ3v) is 6.95. The Balaban J connectivity index is 1.69. The number of aliphatic carboxylic acids is 1. The van der Waals surface area contributed by atoms with Crippen LogP contribution in [0, 0.1) is 0 Å². The number of fused-ring (bicyclic) bond motifs is 1. The first-order valence-electron chi connectivity index (χ1n) is 9.80. The van der Waals surface area contributed by atoms with Gasteiger partial charge in [0, 0.05) is 31.8 Å². The van der Waals surface area contributed by atoms with E-state index in [1.54, 1.807) is 17.4 Å². The number of ether oxygens (including phenoxy) is 1. The molecule has 2 aromatic heterocycles. The van der Waals surface area contributed by atoms with E-state index in [9.17, 15) is 9.90 Å². The Labute approximate surface area is 169 Å². The molecule has 0 saturated carbocycles. The Morgan fingerprint density at radius 2 is 2.11 bits per heavy atom. The minimum absolute atomic E-state index is 0.247. The van der Waals surface area contributed by atoms with Gasteiger partial charge in [-0.3, -0.25) is 4.90 Å². The minimum Gasteiger partial charge on any atom is -0.478 e. The molecule has 7 heteroatoms. The number of carboxylic acids is 1. The van der Waals surface area contributed by atoms with Gasteiger partial charge in [0.2, 0.25) is 0 Å². The molecule has 0 aliphatic carbocycles. The van der Waals surface area contributed by atoms with Crippen LogP contribution >= 0.6 is 11.3 Å². The van der Waals surface area contributed by atoms with E-state index < -0.39 is 12.2 Å². The van der Waals surface area contributed by atoms with Crippen molar-refractivity contribution in [3.05, 3.63) is 39.9 Å². The first-order chi connectivity index (χ1) is 13.5. The standard InChI is InChI=1S/C21H27N3O3S/c1-4-13-10-16(21(25)26)19(27-3)22-18(13)17-11-14-9-15(23(2)20(14)28-17)12-24-7-5-6-8-24/h9-11,19,22H,4-8,12H2,1-3H3,(H,25,26). The highest BCUT2D eigenvalue weighted by molar-refractivity contribution is 7.19. The molecule has 1 saturated heterocycles. The van der Waals surface area contributed by atoms with E-state index >= 15 is 0 Å². The maximum absolute atomic E-state index is 11.5. The van der Waals surface area contributed by atoms with Crippen LogP contribution in [-0.4, -0.2) is 47.0 Å². The van der Waals surface area contributed by atoms with Crippen LogP contribution in [0.15, 0.2) is 29.4 Å². The number of thiophene rings is 1. The van der Waals surface area contributed by atoms with Gasteiger partial charge in [0.15, 0.2) is 6.23 Å². The van der Waals surface area contributed by atoms with Crippen molar-refractivity contribution in [2.75, 3.05) is 20.2 Å². The van der Waals surface area contributed by atoms with Crippen LogP contribution in [0.5, 0.6) is 0 Å². The third kappa shape index (κ3) is 3.38. The second-order valence-electron chi connectivity index (χ2n) is 7.47. The molecule has 0 aromatic carbocycles. The highest BCUT2D eigenvalue weighted by Crippen LogP contribution is 2.36. The number of likely N-dealkylation sites (tertiary alicyclic amines) is 1. The van der Waals surface area contributed by atoms with E-state index in [0.717, 1.165) is 29.1 Å². The van der Waals surface area contributed by atoms with Crippen molar-refractivity contribution in [1.82, 2.24) is 14.8 Å². The number of hydrogen-bond donors (Lipinski definition) is 2. The van der Waals surface area contributed by atoms with Crippen molar-refractivity contribution in [2.45, 2.75) is 39.0 Å². The molecule has 2 aliphatic heterocycles. The number of methoxy groups -OCH3 is 1. The van der Waals surface area contributed by atoms with Gasteiger partial charge in [-0.1, -0.05) is 6.92 Å². The Morgan fingerprint density at radius 1 is 1.36 bits per heavy atom. The van der Waals surface area contributed by atoms with Gasteiger partial charge in [-0.25, -0.2) is 4.79 Å². The van der Waals surface area contributed by atoms with Gasteiger partial charge in [0.1, 0.15) is 4.83 Å². The molecule has 0 bridgehead atoms. The smallest absolute Gasteiger partial charge is 0.336 e. The third-order valence-electron chi connectivity index (χ3n) is 5.70. The zero-order valence-corrected chi connectivity index (χ0v) is 17.4. The first-order valence-corrected chi connectivity index (χ1v) is 10.6.